The fourth-order valence-corrected chi connectivity index (χ4v) is 6.18. The Balaban J connectivity index is 0.000000468. The molecule has 3 N–H and O–H groups in total. The number of halogens is 1. The molecule has 0 aliphatic carbocycles. The second-order valence-corrected chi connectivity index (χ2v) is 11.6. The lowest BCUT2D eigenvalue weighted by Gasteiger charge is -2.23. The number of methoxy groups -OCH3 is 2. The van der Waals surface area contributed by atoms with E-state index in [1.165, 1.54) is 13.2 Å². The summed E-state index contributed by atoms with van der Waals surface area (Å²) in [7, 11) is 4.93. The van der Waals surface area contributed by atoms with Crippen LogP contribution in [0.25, 0.3) is 0 Å². The van der Waals surface area contributed by atoms with E-state index in [9.17, 15) is 19.5 Å². The Hall–Kier alpha value is -3.54. The van der Waals surface area contributed by atoms with Crippen LogP contribution in [0.3, 0.4) is 0 Å². The van der Waals surface area contributed by atoms with E-state index in [-0.39, 0.29) is 66.4 Å². The van der Waals surface area contributed by atoms with Crippen LogP contribution in [-0.4, -0.2) is 98.4 Å². The number of benzene rings is 1. The van der Waals surface area contributed by atoms with Gasteiger partial charge in [-0.05, 0) is 62.9 Å². The van der Waals surface area contributed by atoms with E-state index >= 15 is 4.39 Å². The number of likely N-dealkylation sites (N-methyl/N-ethyl adjacent to an activating group) is 1. The predicted molar refractivity (Wildman–Crippen MR) is 172 cm³/mol. The fourth-order valence-electron chi connectivity index (χ4n) is 6.18. The number of esters is 1. The number of ether oxygens (including phenoxy) is 2. The lowest BCUT2D eigenvalue weighted by Crippen LogP contribution is -2.39. The van der Waals surface area contributed by atoms with Crippen LogP contribution < -0.4 is 10.6 Å². The summed E-state index contributed by atoms with van der Waals surface area (Å²) in [5.74, 6) is -1.21. The van der Waals surface area contributed by atoms with Gasteiger partial charge in [0.2, 0.25) is 5.91 Å². The van der Waals surface area contributed by atoms with Gasteiger partial charge in [-0.15, -0.1) is 6.58 Å². The van der Waals surface area contributed by atoms with Crippen LogP contribution in [-0.2, 0) is 36.7 Å². The number of likely N-dealkylation sites (tertiary alicyclic amines) is 1. The van der Waals surface area contributed by atoms with Crippen molar-refractivity contribution in [1.82, 2.24) is 15.1 Å². The average molecular weight is 629 g/mol. The quantitative estimate of drug-likeness (QED) is 0.267. The second-order valence-electron chi connectivity index (χ2n) is 11.6. The Labute approximate surface area is 266 Å². The zero-order valence-corrected chi connectivity index (χ0v) is 27.2. The second kappa shape index (κ2) is 17.2. The normalized spacial score (nSPS) is 23.4. The Kier molecular flexibility index (Phi) is 13.8. The molecule has 0 bridgehead atoms. The van der Waals surface area contributed by atoms with Gasteiger partial charge in [0.1, 0.15) is 5.82 Å². The van der Waals surface area contributed by atoms with E-state index in [1.807, 2.05) is 37.9 Å². The largest absolute Gasteiger partial charge is 0.469 e. The third kappa shape index (κ3) is 9.02. The van der Waals surface area contributed by atoms with Crippen molar-refractivity contribution in [2.45, 2.75) is 64.1 Å². The minimum Gasteiger partial charge on any atom is -0.469 e. The molecule has 10 nitrogen and oxygen atoms in total. The van der Waals surface area contributed by atoms with E-state index in [2.05, 4.69) is 21.9 Å². The molecule has 248 valence electrons. The van der Waals surface area contributed by atoms with Crippen molar-refractivity contribution in [1.29, 1.82) is 0 Å². The minimum absolute atomic E-state index is 0.0000555. The molecular weight excluding hydrogens is 579 g/mol. The summed E-state index contributed by atoms with van der Waals surface area (Å²) in [5, 5.41) is 15.7. The van der Waals surface area contributed by atoms with Crippen LogP contribution in [0, 0.1) is 17.7 Å². The highest BCUT2D eigenvalue weighted by Crippen LogP contribution is 2.31. The van der Waals surface area contributed by atoms with Gasteiger partial charge >= 0.3 is 5.97 Å². The lowest BCUT2D eigenvalue weighted by molar-refractivity contribution is -0.146. The van der Waals surface area contributed by atoms with Crippen LogP contribution in [0.4, 0.5) is 10.1 Å². The number of aliphatic hydroxyl groups is 1. The fraction of sp³-hybridized carbons (Fsp3) is 0.559. The number of nitrogens with zero attached hydrogens (tertiary/aromatic N) is 2. The molecule has 3 aliphatic rings. The van der Waals surface area contributed by atoms with Gasteiger partial charge < -0.3 is 35.0 Å². The number of hydrogen-bond donors (Lipinski definition) is 3. The third-order valence-electron chi connectivity index (χ3n) is 8.80. The summed E-state index contributed by atoms with van der Waals surface area (Å²) in [6.07, 6.45) is 10.2. The number of rotatable bonds is 10. The molecule has 0 saturated carbocycles. The van der Waals surface area contributed by atoms with Crippen LogP contribution in [0.5, 0.6) is 0 Å². The van der Waals surface area contributed by atoms with Crippen molar-refractivity contribution >= 4 is 23.5 Å². The average Bonchev–Trinajstić information content (AvgIpc) is 3.63. The Bertz CT molecular complexity index is 1260. The molecule has 4 atom stereocenters. The van der Waals surface area contributed by atoms with E-state index in [1.54, 1.807) is 30.4 Å². The summed E-state index contributed by atoms with van der Waals surface area (Å²) >= 11 is 0. The molecule has 11 heteroatoms. The molecule has 2 amide bonds. The number of hydrogen-bond acceptors (Lipinski definition) is 8. The van der Waals surface area contributed by atoms with Crippen molar-refractivity contribution in [3.63, 3.8) is 0 Å². The first-order valence-electron chi connectivity index (χ1n) is 15.6. The molecule has 0 aromatic heterocycles. The summed E-state index contributed by atoms with van der Waals surface area (Å²) in [6, 6.07) is 2.60. The first-order chi connectivity index (χ1) is 21.6. The van der Waals surface area contributed by atoms with Crippen molar-refractivity contribution in [3.05, 3.63) is 65.7 Å². The van der Waals surface area contributed by atoms with Gasteiger partial charge in [0.15, 0.2) is 0 Å². The number of aliphatic hydroxyl groups excluding tert-OH is 1. The predicted octanol–water partition coefficient (Wildman–Crippen LogP) is 3.21. The van der Waals surface area contributed by atoms with Gasteiger partial charge in [0, 0.05) is 44.1 Å². The van der Waals surface area contributed by atoms with Crippen molar-refractivity contribution < 1.29 is 33.4 Å². The maximum atomic E-state index is 15.1. The number of carbonyl (C=O) groups excluding carboxylic acids is 3. The van der Waals surface area contributed by atoms with Crippen LogP contribution >= 0.6 is 0 Å². The highest BCUT2D eigenvalue weighted by atomic mass is 19.1. The Morgan fingerprint density at radius 3 is 2.49 bits per heavy atom. The number of aryl methyl sites for hydroxylation is 1. The Morgan fingerprint density at radius 1 is 1.20 bits per heavy atom. The molecule has 2 fully saturated rings. The van der Waals surface area contributed by atoms with E-state index in [0.29, 0.717) is 30.6 Å². The smallest absolute Gasteiger partial charge is 0.308 e. The minimum atomic E-state index is -0.557. The van der Waals surface area contributed by atoms with Gasteiger partial charge in [-0.1, -0.05) is 31.2 Å². The zero-order valence-electron chi connectivity index (χ0n) is 27.2. The number of anilines is 1. The molecular formula is C34H49FN4O6. The van der Waals surface area contributed by atoms with Gasteiger partial charge in [-0.3, -0.25) is 14.4 Å². The first-order valence-corrected chi connectivity index (χ1v) is 15.6. The van der Waals surface area contributed by atoms with Crippen LogP contribution in [0.15, 0.2) is 48.7 Å². The summed E-state index contributed by atoms with van der Waals surface area (Å²) in [5.41, 5.74) is 1.95. The summed E-state index contributed by atoms with van der Waals surface area (Å²) in [4.78, 5) is 40.5. The molecule has 1 aromatic rings. The van der Waals surface area contributed by atoms with Gasteiger partial charge in [-0.2, -0.15) is 0 Å². The maximum absolute atomic E-state index is 15.1. The van der Waals surface area contributed by atoms with Crippen LogP contribution in [0.2, 0.25) is 0 Å². The summed E-state index contributed by atoms with van der Waals surface area (Å²) in [6.45, 7) is 9.83. The number of allylic oxidation sites excluding steroid dienone is 1. The third-order valence-corrected chi connectivity index (χ3v) is 8.80. The number of nitrogens with one attached hydrogen (secondary N) is 2. The van der Waals surface area contributed by atoms with Gasteiger partial charge in [0.25, 0.3) is 5.91 Å². The monoisotopic (exact) mass is 628 g/mol. The molecule has 3 aliphatic heterocycles. The zero-order chi connectivity index (χ0) is 33.1. The molecule has 45 heavy (non-hydrogen) atoms. The molecule has 4 unspecified atom stereocenters. The van der Waals surface area contributed by atoms with Crippen molar-refractivity contribution in [3.8, 4) is 0 Å². The topological polar surface area (TPSA) is 120 Å². The molecule has 0 spiro atoms. The molecule has 4 rings (SSSR count). The van der Waals surface area contributed by atoms with E-state index in [0.717, 1.165) is 31.5 Å². The van der Waals surface area contributed by atoms with Gasteiger partial charge in [-0.25, -0.2) is 4.39 Å². The number of amides is 2. The number of piperidine rings is 1. The van der Waals surface area contributed by atoms with E-state index < -0.39 is 5.82 Å². The standard InChI is InChI=1S/C27H36FN3O4.C7H13NO2/c1-6-9-25-21(8-3)22(15-30(25)4)27(34)29-24-13-23(28)18(10-17(24)7-2)11-26(33)31-14-20(35-5)12-19(31)16-32;1-10-7(9)6-2-4-8-5-3-6/h6,8-10,13,15,19-21,25,32H,3,7,11-12,14,16H2,1-2,4-5H3,(H,29,34);6,8H,2-5H2,1H3/b9-6-;. The highest BCUT2D eigenvalue weighted by Gasteiger charge is 2.36. The van der Waals surface area contributed by atoms with E-state index in [4.69, 9.17) is 4.74 Å². The van der Waals surface area contributed by atoms with Crippen molar-refractivity contribution in [2.24, 2.45) is 11.8 Å². The maximum Gasteiger partial charge on any atom is 0.308 e. The highest BCUT2D eigenvalue weighted by molar-refractivity contribution is 6.05. The first kappa shape index (κ1) is 35.9. The SMILES string of the molecule is C=CC1C(C(=O)Nc2cc(F)c(CC(=O)N3CC(OC)CC3CO)cc2CC)=CN(C)C1/C=C\C.COC(=O)C1CCNCC1. The number of carbonyl (C=O) groups is 3. The molecule has 0 radical (unpaired) electrons. The summed E-state index contributed by atoms with van der Waals surface area (Å²) < 4.78 is 25.0. The molecule has 3 heterocycles. The van der Waals surface area contributed by atoms with Crippen LogP contribution in [0.1, 0.15) is 44.2 Å². The molecule has 2 saturated heterocycles. The lowest BCUT2D eigenvalue weighted by atomic mass is 9.93. The van der Waals surface area contributed by atoms with Crippen molar-refractivity contribution in [2.75, 3.05) is 52.8 Å². The molecule has 1 aromatic carbocycles. The van der Waals surface area contributed by atoms with Gasteiger partial charge in [0.05, 0.1) is 44.2 Å². The Morgan fingerprint density at radius 2 is 1.91 bits per heavy atom.